The fourth-order valence-corrected chi connectivity index (χ4v) is 3.61. The van der Waals surface area contributed by atoms with Crippen LogP contribution in [0.3, 0.4) is 0 Å². The molecule has 1 N–H and O–H groups in total. The van der Waals surface area contributed by atoms with Crippen molar-refractivity contribution in [2.75, 3.05) is 0 Å². The number of fused-ring (bicyclic) bond motifs is 1. The minimum absolute atomic E-state index is 0.375. The quantitative estimate of drug-likeness (QED) is 0.618. The average molecular weight is 336 g/mol. The lowest BCUT2D eigenvalue weighted by Gasteiger charge is -2.03. The van der Waals surface area contributed by atoms with Crippen molar-refractivity contribution in [1.29, 1.82) is 0 Å². The molecule has 0 aliphatic rings. The van der Waals surface area contributed by atoms with E-state index in [1.807, 2.05) is 34.0 Å². The number of rotatable bonds is 1. The maximum Gasteiger partial charge on any atom is 0.337 e. The van der Waals surface area contributed by atoms with Gasteiger partial charge in [0.05, 0.1) is 5.56 Å². The molecule has 2 rings (SSSR count). The number of halogens is 1. The van der Waals surface area contributed by atoms with Gasteiger partial charge in [0, 0.05) is 18.6 Å². The first-order chi connectivity index (χ1) is 6.61. The lowest BCUT2D eigenvalue weighted by molar-refractivity contribution is 0.0698. The molecule has 0 bridgehead atoms. The van der Waals surface area contributed by atoms with Crippen LogP contribution in [0.4, 0.5) is 0 Å². The molecule has 0 saturated heterocycles. The zero-order valence-corrected chi connectivity index (χ0v) is 10.7. The second-order valence-corrected chi connectivity index (χ2v) is 5.28. The van der Waals surface area contributed by atoms with Crippen molar-refractivity contribution < 1.29 is 9.90 Å². The predicted molar refractivity (Wildman–Crippen MR) is 68.8 cm³/mol. The Bertz CT molecular complexity index is 519. The third-order valence-electron chi connectivity index (χ3n) is 1.88. The van der Waals surface area contributed by atoms with E-state index >= 15 is 0 Å². The Morgan fingerprint density at radius 3 is 2.93 bits per heavy atom. The summed E-state index contributed by atoms with van der Waals surface area (Å²) in [5, 5.41) is 11.7. The second kappa shape index (κ2) is 3.71. The third kappa shape index (κ3) is 1.53. The molecule has 0 radical (unpaired) electrons. The maximum atomic E-state index is 11.0. The van der Waals surface area contributed by atoms with Gasteiger partial charge in [-0.3, -0.25) is 0 Å². The summed E-state index contributed by atoms with van der Waals surface area (Å²) in [6, 6.07) is 3.61. The number of benzene rings is 1. The van der Waals surface area contributed by atoms with Crippen molar-refractivity contribution in [2.24, 2.45) is 0 Å². The Kier molecular flexibility index (Phi) is 2.72. The van der Waals surface area contributed by atoms with Crippen molar-refractivity contribution in [1.82, 2.24) is 0 Å². The Morgan fingerprint density at radius 1 is 1.57 bits per heavy atom. The highest BCUT2D eigenvalue weighted by Gasteiger charge is 2.15. The Morgan fingerprint density at radius 2 is 2.29 bits per heavy atom. The summed E-state index contributed by atoms with van der Waals surface area (Å²) in [5.41, 5.74) is 0.375. The van der Waals surface area contributed by atoms with Gasteiger partial charge in [0.15, 0.2) is 0 Å². The summed E-state index contributed by atoms with van der Waals surface area (Å²) in [5.74, 6) is -0.883. The standard InChI is InChI=1S/C9H5IO2S2/c10-5-3-6(13)8-4(1-2-14-8)7(5)9(11)12/h1-3,13H,(H,11,12). The number of aromatic carboxylic acids is 1. The highest BCUT2D eigenvalue weighted by Crippen LogP contribution is 2.33. The van der Waals surface area contributed by atoms with Gasteiger partial charge in [-0.15, -0.1) is 24.0 Å². The topological polar surface area (TPSA) is 37.3 Å². The molecule has 1 aromatic heterocycles. The number of carbonyl (C=O) groups is 1. The number of thiophene rings is 1. The SMILES string of the molecule is O=C(O)c1c(I)cc(S)c2sccc12. The molecule has 0 saturated carbocycles. The van der Waals surface area contributed by atoms with Gasteiger partial charge in [-0.25, -0.2) is 4.79 Å². The van der Waals surface area contributed by atoms with Gasteiger partial charge < -0.3 is 5.11 Å². The van der Waals surface area contributed by atoms with E-state index in [-0.39, 0.29) is 0 Å². The first kappa shape index (κ1) is 10.3. The van der Waals surface area contributed by atoms with Crippen molar-refractivity contribution in [3.63, 3.8) is 0 Å². The summed E-state index contributed by atoms with van der Waals surface area (Å²) in [7, 11) is 0. The molecule has 0 unspecified atom stereocenters. The molecule has 14 heavy (non-hydrogen) atoms. The largest absolute Gasteiger partial charge is 0.478 e. The van der Waals surface area contributed by atoms with Crippen molar-refractivity contribution >= 4 is 62.6 Å². The molecule has 2 aromatic rings. The van der Waals surface area contributed by atoms with E-state index in [0.29, 0.717) is 5.56 Å². The molecule has 0 aliphatic heterocycles. The van der Waals surface area contributed by atoms with Crippen LogP contribution in [-0.2, 0) is 0 Å². The Labute approximate surface area is 103 Å². The van der Waals surface area contributed by atoms with E-state index in [1.54, 1.807) is 6.07 Å². The van der Waals surface area contributed by atoms with E-state index in [2.05, 4.69) is 12.6 Å². The molecule has 1 aromatic carbocycles. The molecule has 1 heterocycles. The van der Waals surface area contributed by atoms with Gasteiger partial charge in [-0.1, -0.05) is 0 Å². The second-order valence-electron chi connectivity index (χ2n) is 2.72. The van der Waals surface area contributed by atoms with Crippen molar-refractivity contribution in [3.05, 3.63) is 26.6 Å². The minimum atomic E-state index is -0.883. The van der Waals surface area contributed by atoms with Gasteiger partial charge in [0.2, 0.25) is 0 Å². The summed E-state index contributed by atoms with van der Waals surface area (Å²) < 4.78 is 1.66. The third-order valence-corrected chi connectivity index (χ3v) is 4.19. The molecule has 0 spiro atoms. The van der Waals surface area contributed by atoms with E-state index < -0.39 is 5.97 Å². The minimum Gasteiger partial charge on any atom is -0.478 e. The zero-order chi connectivity index (χ0) is 10.3. The van der Waals surface area contributed by atoms with Crippen LogP contribution < -0.4 is 0 Å². The molecular formula is C9H5IO2S2. The number of hydrogen-bond acceptors (Lipinski definition) is 3. The van der Waals surface area contributed by atoms with Gasteiger partial charge in [-0.2, -0.15) is 0 Å². The van der Waals surface area contributed by atoms with Gasteiger partial charge >= 0.3 is 5.97 Å². The first-order valence-electron chi connectivity index (χ1n) is 3.73. The van der Waals surface area contributed by atoms with E-state index in [1.165, 1.54) is 11.3 Å². The Hall–Kier alpha value is -0.270. The van der Waals surface area contributed by atoms with Crippen molar-refractivity contribution in [2.45, 2.75) is 4.90 Å². The Balaban J connectivity index is 2.93. The number of hydrogen-bond donors (Lipinski definition) is 2. The number of carboxylic acid groups (broad SMARTS) is 1. The van der Waals surface area contributed by atoms with Crippen LogP contribution in [-0.4, -0.2) is 11.1 Å². The normalized spacial score (nSPS) is 10.7. The first-order valence-corrected chi connectivity index (χ1v) is 6.14. The van der Waals surface area contributed by atoms with Crippen LogP contribution in [0.25, 0.3) is 10.1 Å². The number of carboxylic acids is 1. The van der Waals surface area contributed by atoms with E-state index in [4.69, 9.17) is 5.11 Å². The summed E-state index contributed by atoms with van der Waals surface area (Å²) in [6.07, 6.45) is 0. The lowest BCUT2D eigenvalue weighted by atomic mass is 10.1. The van der Waals surface area contributed by atoms with Crippen LogP contribution in [0.5, 0.6) is 0 Å². The monoisotopic (exact) mass is 336 g/mol. The molecule has 0 fully saturated rings. The van der Waals surface area contributed by atoms with Crippen LogP contribution >= 0.6 is 46.6 Å². The van der Waals surface area contributed by atoms with Crippen molar-refractivity contribution in [3.8, 4) is 0 Å². The van der Waals surface area contributed by atoms with Gasteiger partial charge in [0.25, 0.3) is 0 Å². The molecule has 0 atom stereocenters. The molecule has 2 nitrogen and oxygen atoms in total. The highest BCUT2D eigenvalue weighted by molar-refractivity contribution is 14.1. The fraction of sp³-hybridized carbons (Fsp3) is 0. The van der Waals surface area contributed by atoms with Gasteiger partial charge in [-0.05, 0) is 40.1 Å². The molecule has 0 aliphatic carbocycles. The molecule has 5 heteroatoms. The van der Waals surface area contributed by atoms with E-state index in [9.17, 15) is 4.79 Å². The van der Waals surface area contributed by atoms with Crippen LogP contribution in [0.2, 0.25) is 0 Å². The lowest BCUT2D eigenvalue weighted by Crippen LogP contribution is -2.00. The molecule has 72 valence electrons. The smallest absolute Gasteiger partial charge is 0.337 e. The summed E-state index contributed by atoms with van der Waals surface area (Å²) in [4.78, 5) is 11.9. The van der Waals surface area contributed by atoms with Crippen LogP contribution in [0, 0.1) is 3.57 Å². The summed E-state index contributed by atoms with van der Waals surface area (Å²) >= 11 is 7.85. The van der Waals surface area contributed by atoms with E-state index in [0.717, 1.165) is 18.6 Å². The summed E-state index contributed by atoms with van der Waals surface area (Å²) in [6.45, 7) is 0. The predicted octanol–water partition coefficient (Wildman–Crippen LogP) is 3.49. The zero-order valence-electron chi connectivity index (χ0n) is 6.82. The average Bonchev–Trinajstić information content (AvgIpc) is 2.51. The number of thiol groups is 1. The van der Waals surface area contributed by atoms with Gasteiger partial charge in [0.1, 0.15) is 0 Å². The highest BCUT2D eigenvalue weighted by atomic mass is 127. The maximum absolute atomic E-state index is 11.0. The fourth-order valence-electron chi connectivity index (χ4n) is 1.31. The molecule has 0 amide bonds. The van der Waals surface area contributed by atoms with Crippen LogP contribution in [0.1, 0.15) is 10.4 Å². The molecular weight excluding hydrogens is 331 g/mol. The van der Waals surface area contributed by atoms with Crippen LogP contribution in [0.15, 0.2) is 22.4 Å².